The number of nitrogens with one attached hydrogen (secondary N) is 2. The van der Waals surface area contributed by atoms with Crippen LogP contribution in [0.5, 0.6) is 0 Å². The Hall–Kier alpha value is -2.87. The molecule has 2 atom stereocenters. The van der Waals surface area contributed by atoms with E-state index >= 15 is 0 Å². The van der Waals surface area contributed by atoms with Gasteiger partial charge in [-0.3, -0.25) is 4.79 Å². The van der Waals surface area contributed by atoms with Gasteiger partial charge in [-0.1, -0.05) is 43.0 Å². The molecule has 2 heterocycles. The minimum absolute atomic E-state index is 0.148. The second-order valence-corrected chi connectivity index (χ2v) is 7.75. The molecule has 1 aliphatic heterocycles. The molecule has 0 saturated heterocycles. The lowest BCUT2D eigenvalue weighted by Gasteiger charge is -2.33. The molecule has 6 nitrogen and oxygen atoms in total. The first-order chi connectivity index (χ1) is 13.5. The van der Waals surface area contributed by atoms with E-state index in [-0.39, 0.29) is 17.8 Å². The van der Waals surface area contributed by atoms with Crippen molar-refractivity contribution in [1.29, 1.82) is 0 Å². The number of nitrogens with zero attached hydrogens (tertiary/aromatic N) is 3. The summed E-state index contributed by atoms with van der Waals surface area (Å²) in [5.74, 6) is 0.323. The zero-order valence-electron chi connectivity index (χ0n) is 15.5. The number of aromatic nitrogens is 3. The van der Waals surface area contributed by atoms with Crippen LogP contribution < -0.4 is 10.7 Å². The topological polar surface area (TPSA) is 71.8 Å². The first kappa shape index (κ1) is 18.5. The number of carbonyl (C=O) groups excluding carboxylic acids is 1. The van der Waals surface area contributed by atoms with Crippen LogP contribution in [0.2, 0.25) is 0 Å². The molecule has 0 saturated carbocycles. The highest BCUT2D eigenvalue weighted by molar-refractivity contribution is 8.00. The van der Waals surface area contributed by atoms with Crippen LogP contribution in [0.4, 0.5) is 10.1 Å². The number of carbonyl (C=O) groups is 1. The fourth-order valence-corrected chi connectivity index (χ4v) is 4.28. The largest absolute Gasteiger partial charge is 0.325 e. The van der Waals surface area contributed by atoms with Gasteiger partial charge >= 0.3 is 0 Å². The van der Waals surface area contributed by atoms with Crippen LogP contribution in [0.25, 0.3) is 0 Å². The van der Waals surface area contributed by atoms with Crippen molar-refractivity contribution in [2.75, 3.05) is 10.7 Å². The molecule has 0 bridgehead atoms. The molecule has 4 rings (SSSR count). The predicted octanol–water partition coefficient (Wildman–Crippen LogP) is 3.69. The maximum Gasteiger partial charge on any atom is 0.240 e. The van der Waals surface area contributed by atoms with Gasteiger partial charge in [0.05, 0.1) is 6.04 Å². The van der Waals surface area contributed by atoms with Gasteiger partial charge in [-0.15, -0.1) is 10.2 Å². The summed E-state index contributed by atoms with van der Waals surface area (Å²) >= 11 is 1.35. The molecule has 1 aromatic heterocycles. The summed E-state index contributed by atoms with van der Waals surface area (Å²) < 4.78 is 15.2. The van der Waals surface area contributed by atoms with Crippen molar-refractivity contribution in [3.8, 4) is 0 Å². The lowest BCUT2D eigenvalue weighted by molar-refractivity contribution is -0.116. The summed E-state index contributed by atoms with van der Waals surface area (Å²) in [5, 5.41) is 11.5. The highest BCUT2D eigenvalue weighted by atomic mass is 32.2. The first-order valence-electron chi connectivity index (χ1n) is 9.05. The minimum Gasteiger partial charge on any atom is -0.325 e. The Morgan fingerprint density at radius 3 is 2.75 bits per heavy atom. The van der Waals surface area contributed by atoms with E-state index in [4.69, 9.17) is 0 Å². The Bertz CT molecular complexity index is 1000. The number of anilines is 1. The molecule has 1 aliphatic rings. The van der Waals surface area contributed by atoms with Crippen molar-refractivity contribution >= 4 is 23.4 Å². The molecular weight excluding hydrogens is 377 g/mol. The van der Waals surface area contributed by atoms with Gasteiger partial charge in [0.2, 0.25) is 11.1 Å². The molecule has 8 heteroatoms. The number of aryl methyl sites for hydroxylation is 2. The molecule has 0 fully saturated rings. The van der Waals surface area contributed by atoms with Crippen LogP contribution in [0.3, 0.4) is 0 Å². The summed E-state index contributed by atoms with van der Waals surface area (Å²) in [6, 6.07) is 13.5. The zero-order chi connectivity index (χ0) is 19.7. The molecular formula is C20H20FN5OS. The van der Waals surface area contributed by atoms with Crippen molar-refractivity contribution in [2.24, 2.45) is 0 Å². The summed E-state index contributed by atoms with van der Waals surface area (Å²) in [5.41, 5.74) is 5.97. The van der Waals surface area contributed by atoms with Gasteiger partial charge < -0.3 is 10.7 Å². The Labute approximate surface area is 166 Å². The number of benzene rings is 2. The average Bonchev–Trinajstić information content (AvgIpc) is 3.09. The second kappa shape index (κ2) is 7.63. The van der Waals surface area contributed by atoms with Gasteiger partial charge in [-0.05, 0) is 42.3 Å². The van der Waals surface area contributed by atoms with E-state index in [1.807, 2.05) is 42.8 Å². The SMILES string of the molecule is CCc1nnc2n1N[C@H](c1ccc(F)cc1)[C@H](C(=O)Nc1cccc(C)c1)S2. The molecule has 0 radical (unpaired) electrons. The van der Waals surface area contributed by atoms with Crippen LogP contribution in [0.15, 0.2) is 53.7 Å². The zero-order valence-corrected chi connectivity index (χ0v) is 16.3. The number of hydrogen-bond donors (Lipinski definition) is 2. The highest BCUT2D eigenvalue weighted by Gasteiger charge is 2.37. The second-order valence-electron chi connectivity index (χ2n) is 6.64. The standard InChI is InChI=1S/C20H20FN5OS/c1-3-16-23-24-20-26(16)25-17(13-7-9-14(21)10-8-13)18(28-20)19(27)22-15-6-4-5-12(2)11-15/h4-11,17-18,25H,3H2,1-2H3,(H,22,27)/t17-,18-/m1/s1. The smallest absolute Gasteiger partial charge is 0.240 e. The van der Waals surface area contributed by atoms with Crippen LogP contribution in [0, 0.1) is 12.7 Å². The van der Waals surface area contributed by atoms with Crippen molar-refractivity contribution in [1.82, 2.24) is 14.9 Å². The number of fused-ring (bicyclic) bond motifs is 1. The third-order valence-electron chi connectivity index (χ3n) is 4.59. The molecule has 2 N–H and O–H groups in total. The van der Waals surface area contributed by atoms with E-state index < -0.39 is 5.25 Å². The van der Waals surface area contributed by atoms with Gasteiger partial charge in [0.1, 0.15) is 11.1 Å². The van der Waals surface area contributed by atoms with Gasteiger partial charge in [0.25, 0.3) is 0 Å². The van der Waals surface area contributed by atoms with E-state index in [0.29, 0.717) is 11.6 Å². The fourth-order valence-electron chi connectivity index (χ4n) is 3.18. The van der Waals surface area contributed by atoms with Gasteiger partial charge in [0.15, 0.2) is 5.82 Å². The van der Waals surface area contributed by atoms with E-state index in [1.54, 1.807) is 12.1 Å². The van der Waals surface area contributed by atoms with Crippen molar-refractivity contribution in [3.63, 3.8) is 0 Å². The van der Waals surface area contributed by atoms with Crippen molar-refractivity contribution in [3.05, 3.63) is 71.3 Å². The lowest BCUT2D eigenvalue weighted by atomic mass is 10.0. The third-order valence-corrected chi connectivity index (χ3v) is 5.81. The van der Waals surface area contributed by atoms with Gasteiger partial charge in [-0.25, -0.2) is 9.07 Å². The number of hydrogen-bond acceptors (Lipinski definition) is 5. The monoisotopic (exact) mass is 397 g/mol. The van der Waals surface area contributed by atoms with Crippen LogP contribution in [0.1, 0.15) is 29.9 Å². The van der Waals surface area contributed by atoms with E-state index in [2.05, 4.69) is 20.9 Å². The Morgan fingerprint density at radius 2 is 2.04 bits per heavy atom. The first-order valence-corrected chi connectivity index (χ1v) is 9.93. The molecule has 0 unspecified atom stereocenters. The van der Waals surface area contributed by atoms with Crippen LogP contribution in [-0.4, -0.2) is 26.0 Å². The number of thioether (sulfide) groups is 1. The van der Waals surface area contributed by atoms with E-state index in [1.165, 1.54) is 23.9 Å². The van der Waals surface area contributed by atoms with Crippen LogP contribution >= 0.6 is 11.8 Å². The molecule has 28 heavy (non-hydrogen) atoms. The quantitative estimate of drug-likeness (QED) is 0.703. The molecule has 3 aromatic rings. The summed E-state index contributed by atoms with van der Waals surface area (Å²) in [6.45, 7) is 3.97. The summed E-state index contributed by atoms with van der Waals surface area (Å²) in [7, 11) is 0. The van der Waals surface area contributed by atoms with Gasteiger partial charge in [-0.2, -0.15) is 0 Å². The maximum absolute atomic E-state index is 13.4. The molecule has 1 amide bonds. The third kappa shape index (κ3) is 3.60. The Balaban J connectivity index is 1.67. The molecule has 0 aliphatic carbocycles. The average molecular weight is 397 g/mol. The molecule has 144 valence electrons. The summed E-state index contributed by atoms with van der Waals surface area (Å²) in [4.78, 5) is 13.1. The predicted molar refractivity (Wildman–Crippen MR) is 107 cm³/mol. The number of halogens is 1. The van der Waals surface area contributed by atoms with E-state index in [0.717, 1.165) is 22.6 Å². The normalized spacial score (nSPS) is 18.2. The van der Waals surface area contributed by atoms with Gasteiger partial charge in [0, 0.05) is 12.1 Å². The summed E-state index contributed by atoms with van der Waals surface area (Å²) in [6.07, 6.45) is 0.705. The van der Waals surface area contributed by atoms with E-state index in [9.17, 15) is 9.18 Å². The maximum atomic E-state index is 13.4. The Morgan fingerprint density at radius 1 is 1.25 bits per heavy atom. The Kier molecular flexibility index (Phi) is 5.04. The molecule has 2 aromatic carbocycles. The molecule has 0 spiro atoms. The number of rotatable bonds is 4. The highest BCUT2D eigenvalue weighted by Crippen LogP contribution is 2.37. The number of amides is 1. The lowest BCUT2D eigenvalue weighted by Crippen LogP contribution is -2.41. The van der Waals surface area contributed by atoms with Crippen LogP contribution in [-0.2, 0) is 11.2 Å². The minimum atomic E-state index is -0.493. The fraction of sp³-hybridized carbons (Fsp3) is 0.250. The van der Waals surface area contributed by atoms with Crippen molar-refractivity contribution < 1.29 is 9.18 Å². The van der Waals surface area contributed by atoms with Crippen molar-refractivity contribution in [2.45, 2.75) is 36.7 Å².